The molecule has 1 saturated carbocycles. The van der Waals surface area contributed by atoms with Crippen molar-refractivity contribution in [2.75, 3.05) is 0 Å². The van der Waals surface area contributed by atoms with Crippen molar-refractivity contribution in [1.82, 2.24) is 0 Å². The summed E-state index contributed by atoms with van der Waals surface area (Å²) in [6, 6.07) is 80.2. The highest BCUT2D eigenvalue weighted by atomic mass is 14.9. The molecule has 0 unspecified atom stereocenters. The maximum atomic E-state index is 2.43. The van der Waals surface area contributed by atoms with E-state index in [0.717, 1.165) is 18.8 Å². The lowest BCUT2D eigenvalue weighted by atomic mass is 9.87. The van der Waals surface area contributed by atoms with Crippen LogP contribution in [0.15, 0.2) is 243 Å². The predicted molar refractivity (Wildman–Crippen MR) is 429 cm³/mol. The molecular weight excluding hydrogens is 1220 g/mol. The molecule has 0 bridgehead atoms. The molecule has 13 rings (SSSR count). The number of aromatic nitrogens is 4. The minimum Gasteiger partial charge on any atom is -0.201 e. The second kappa shape index (κ2) is 33.2. The number of aryl methyl sites for hydroxylation is 12. The van der Waals surface area contributed by atoms with Gasteiger partial charge in [-0.3, -0.25) is 0 Å². The van der Waals surface area contributed by atoms with Crippen LogP contribution >= 0.6 is 0 Å². The lowest BCUT2D eigenvalue weighted by molar-refractivity contribution is -0.660. The zero-order valence-corrected chi connectivity index (χ0v) is 64.4. The summed E-state index contributed by atoms with van der Waals surface area (Å²) in [4.78, 5) is 0. The molecule has 4 heteroatoms. The van der Waals surface area contributed by atoms with Crippen molar-refractivity contribution in [3.63, 3.8) is 0 Å². The Labute approximate surface area is 607 Å². The van der Waals surface area contributed by atoms with Crippen molar-refractivity contribution >= 4 is 0 Å². The molecule has 0 amide bonds. The highest BCUT2D eigenvalue weighted by Gasteiger charge is 2.24. The van der Waals surface area contributed by atoms with E-state index in [-0.39, 0.29) is 5.41 Å². The van der Waals surface area contributed by atoms with Crippen LogP contribution in [0, 0.1) is 66.7 Å². The molecule has 0 atom stereocenters. The molecule has 4 heterocycles. The van der Waals surface area contributed by atoms with Crippen molar-refractivity contribution in [2.45, 2.75) is 154 Å². The predicted octanol–water partition coefficient (Wildman–Crippen LogP) is 23.4. The van der Waals surface area contributed by atoms with Crippen LogP contribution in [0.2, 0.25) is 0 Å². The van der Waals surface area contributed by atoms with Gasteiger partial charge in [-0.2, -0.15) is 0 Å². The van der Waals surface area contributed by atoms with Crippen LogP contribution in [0.5, 0.6) is 0 Å². The van der Waals surface area contributed by atoms with Gasteiger partial charge in [0.1, 0.15) is 28.2 Å². The first-order valence-electron chi connectivity index (χ1n) is 36.9. The molecule has 0 spiro atoms. The van der Waals surface area contributed by atoms with Crippen molar-refractivity contribution in [3.05, 3.63) is 310 Å². The number of rotatable bonds is 13. The van der Waals surface area contributed by atoms with Crippen LogP contribution in [-0.2, 0) is 41.0 Å². The molecule has 4 nitrogen and oxygen atoms in total. The van der Waals surface area contributed by atoms with Crippen LogP contribution < -0.4 is 18.3 Å². The number of hydrogen-bond donors (Lipinski definition) is 0. The molecule has 1 aliphatic rings. The molecule has 12 aromatic rings. The number of pyridine rings is 4. The monoisotopic (exact) mass is 1330 g/mol. The molecule has 0 aliphatic heterocycles. The van der Waals surface area contributed by atoms with E-state index in [2.05, 4.69) is 393 Å². The van der Waals surface area contributed by atoms with Gasteiger partial charge in [0.2, 0.25) is 22.8 Å². The van der Waals surface area contributed by atoms with Gasteiger partial charge in [-0.1, -0.05) is 207 Å². The van der Waals surface area contributed by atoms with E-state index in [1.807, 2.05) is 0 Å². The minimum absolute atomic E-state index is 0.287. The van der Waals surface area contributed by atoms with E-state index < -0.39 is 0 Å². The topological polar surface area (TPSA) is 15.5 Å². The normalized spacial score (nSPS) is 12.2. The van der Waals surface area contributed by atoms with E-state index in [9.17, 15) is 0 Å². The van der Waals surface area contributed by atoms with Crippen LogP contribution in [0.4, 0.5) is 0 Å². The molecule has 0 saturated heterocycles. The van der Waals surface area contributed by atoms with Crippen LogP contribution in [0.3, 0.4) is 0 Å². The van der Waals surface area contributed by atoms with Gasteiger partial charge in [0, 0.05) is 70.8 Å². The van der Waals surface area contributed by atoms with Gasteiger partial charge in [0.25, 0.3) is 0 Å². The van der Waals surface area contributed by atoms with Gasteiger partial charge in [-0.05, 0) is 240 Å². The second-order valence-electron chi connectivity index (χ2n) is 30.8. The van der Waals surface area contributed by atoms with E-state index in [4.69, 9.17) is 0 Å². The number of hydrogen-bond acceptors (Lipinski definition) is 0. The Morgan fingerprint density at radius 1 is 0.327 bits per heavy atom. The Morgan fingerprint density at radius 3 is 0.980 bits per heavy atom. The Balaban J connectivity index is 0.000000145. The summed E-state index contributed by atoms with van der Waals surface area (Å²) >= 11 is 0. The lowest BCUT2D eigenvalue weighted by Crippen LogP contribution is -2.31. The molecule has 1 fully saturated rings. The molecule has 8 aromatic carbocycles. The van der Waals surface area contributed by atoms with Crippen LogP contribution in [0.25, 0.3) is 89.5 Å². The Bertz CT molecular complexity index is 4850. The van der Waals surface area contributed by atoms with Crippen molar-refractivity contribution in [3.8, 4) is 89.5 Å². The first-order chi connectivity index (χ1) is 48.3. The molecule has 101 heavy (non-hydrogen) atoms. The smallest absolute Gasteiger partial charge is 0.201 e. The van der Waals surface area contributed by atoms with Gasteiger partial charge in [0.15, 0.2) is 24.8 Å². The Kier molecular flexibility index (Phi) is 24.4. The average molecular weight is 1330 g/mol. The highest BCUT2D eigenvalue weighted by Crippen LogP contribution is 2.38. The van der Waals surface area contributed by atoms with Gasteiger partial charge in [0.05, 0.1) is 0 Å². The fraction of sp³-hybridized carbons (Fsp3) is 0.299. The van der Waals surface area contributed by atoms with Crippen LogP contribution in [-0.4, -0.2) is 0 Å². The standard InChI is InChI=1S/C25H28N.C25H30N.C24H28N.C23H26N/c1-18-8-4-7-11-23(18)22-13-12-19(2)24(16-22)25-17-21(14-15-26(25)3)20-9-5-6-10-20;1-18-9-7-8-10-22(18)21-12-11-19(2)23(16-21)24-15-20(13-14-26(24)6)17-25(3,4)5;1-17(2)14-20-12-13-25(5)24(15-20)23-16-21(11-10-19(23)4)22-9-7-6-8-18(22)3;1-16(2)19-12-13-24(5)23(15-19)22-14-20(11-10-18(22)4)21-9-7-6-8-17(21)3/h4,7-8,11-17,20H,5-6,9-10H2,1-3H3;7-16H,17H2,1-6H3;6-13,15-17H,14H2,1-5H3;6-16H,1-5H3/q4*+1. The van der Waals surface area contributed by atoms with E-state index in [0.29, 0.717) is 11.8 Å². The maximum Gasteiger partial charge on any atom is 0.212 e. The summed E-state index contributed by atoms with van der Waals surface area (Å²) in [5.74, 6) is 1.94. The van der Waals surface area contributed by atoms with E-state index in [1.165, 1.54) is 182 Å². The summed E-state index contributed by atoms with van der Waals surface area (Å²) < 4.78 is 8.95. The summed E-state index contributed by atoms with van der Waals surface area (Å²) in [5.41, 5.74) is 37.3. The van der Waals surface area contributed by atoms with E-state index in [1.54, 1.807) is 0 Å². The van der Waals surface area contributed by atoms with Gasteiger partial charge >= 0.3 is 0 Å². The molecule has 516 valence electrons. The van der Waals surface area contributed by atoms with Gasteiger partial charge in [-0.15, -0.1) is 0 Å². The van der Waals surface area contributed by atoms with Gasteiger partial charge in [-0.25, -0.2) is 18.3 Å². The fourth-order valence-corrected chi connectivity index (χ4v) is 14.5. The Morgan fingerprint density at radius 2 is 0.634 bits per heavy atom. The minimum atomic E-state index is 0.287. The van der Waals surface area contributed by atoms with Crippen molar-refractivity contribution < 1.29 is 18.3 Å². The number of benzene rings is 8. The summed E-state index contributed by atoms with van der Waals surface area (Å²) in [5, 5.41) is 0. The Hall–Kier alpha value is -9.64. The third-order valence-electron chi connectivity index (χ3n) is 20.5. The summed E-state index contributed by atoms with van der Waals surface area (Å²) in [6.45, 7) is 33.5. The van der Waals surface area contributed by atoms with Crippen molar-refractivity contribution in [2.24, 2.45) is 39.5 Å². The lowest BCUT2D eigenvalue weighted by Gasteiger charge is -2.18. The fourth-order valence-electron chi connectivity index (χ4n) is 14.5. The highest BCUT2D eigenvalue weighted by molar-refractivity contribution is 5.78. The molecule has 4 aromatic heterocycles. The van der Waals surface area contributed by atoms with Crippen LogP contribution in [0.1, 0.15) is 153 Å². The molecule has 1 aliphatic carbocycles. The largest absolute Gasteiger partial charge is 0.212 e. The zero-order chi connectivity index (χ0) is 72.2. The maximum absolute atomic E-state index is 2.43. The second-order valence-corrected chi connectivity index (χ2v) is 30.8. The summed E-state index contributed by atoms with van der Waals surface area (Å²) in [7, 11) is 8.55. The van der Waals surface area contributed by atoms with Gasteiger partial charge < -0.3 is 0 Å². The molecule has 0 N–H and O–H groups in total. The first kappa shape index (κ1) is 74.1. The number of nitrogens with zero attached hydrogens (tertiary/aromatic N) is 4. The molecule has 0 radical (unpaired) electrons. The average Bonchev–Trinajstić information content (AvgIpc) is 1.31. The SMILES string of the molecule is Cc1ccccc1-c1ccc(C)c(-c2cc(C(C)C)cc[n+]2C)c1.Cc1ccccc1-c1ccc(C)c(-c2cc(C3CCCC3)cc[n+]2C)c1.Cc1ccccc1-c1ccc(C)c(-c2cc(CC(C)(C)C)cc[n+]2C)c1.Cc1ccccc1-c1ccc(C)c(-c2cc(CC(C)C)cc[n+]2C)c1. The zero-order valence-electron chi connectivity index (χ0n) is 64.4. The quantitative estimate of drug-likeness (QED) is 0.102. The molecular formula is C97H112N4+4. The van der Waals surface area contributed by atoms with Crippen molar-refractivity contribution in [1.29, 1.82) is 0 Å². The summed E-state index contributed by atoms with van der Waals surface area (Å²) in [6.07, 6.45) is 16.4. The third-order valence-corrected chi connectivity index (χ3v) is 20.5. The third kappa shape index (κ3) is 18.7. The first-order valence-corrected chi connectivity index (χ1v) is 36.9. The van der Waals surface area contributed by atoms with E-state index >= 15 is 0 Å².